The summed E-state index contributed by atoms with van der Waals surface area (Å²) < 4.78 is 6.80. The van der Waals surface area contributed by atoms with Gasteiger partial charge in [0.05, 0.1) is 5.52 Å². The number of fused-ring (bicyclic) bond motifs is 2. The fourth-order valence-electron chi connectivity index (χ4n) is 3.06. The van der Waals surface area contributed by atoms with E-state index in [4.69, 9.17) is 16.0 Å². The normalized spacial score (nSPS) is 14.0. The molecule has 1 aromatic carbocycles. The molecule has 3 heterocycles. The highest BCUT2D eigenvalue weighted by molar-refractivity contribution is 6.33. The van der Waals surface area contributed by atoms with Crippen LogP contribution in [0.3, 0.4) is 0 Å². The van der Waals surface area contributed by atoms with Crippen molar-refractivity contribution in [1.82, 2.24) is 4.57 Å². The van der Waals surface area contributed by atoms with Gasteiger partial charge in [-0.15, -0.1) is 0 Å². The van der Waals surface area contributed by atoms with Gasteiger partial charge in [0.15, 0.2) is 16.4 Å². The molecule has 4 rings (SSSR count). The first-order chi connectivity index (χ1) is 10.1. The molecule has 0 bridgehead atoms. The zero-order valence-corrected chi connectivity index (χ0v) is 11.6. The van der Waals surface area contributed by atoms with Crippen LogP contribution in [0.2, 0.25) is 5.02 Å². The molecule has 21 heavy (non-hydrogen) atoms. The predicted molar refractivity (Wildman–Crippen MR) is 79.2 cm³/mol. The quantitative estimate of drug-likeness (QED) is 0.647. The first-order valence-corrected chi connectivity index (χ1v) is 6.97. The van der Waals surface area contributed by atoms with E-state index in [0.717, 1.165) is 23.9 Å². The van der Waals surface area contributed by atoms with Crippen molar-refractivity contribution in [2.75, 3.05) is 0 Å². The number of aromatic nitrogens is 1. The van der Waals surface area contributed by atoms with Crippen LogP contribution < -0.4 is 11.2 Å². The van der Waals surface area contributed by atoms with Gasteiger partial charge in [0.2, 0.25) is 0 Å². The highest BCUT2D eigenvalue weighted by Gasteiger charge is 2.23. The minimum Gasteiger partial charge on any atom is -0.505 e. The summed E-state index contributed by atoms with van der Waals surface area (Å²) in [6.07, 6.45) is 1.72. The number of nitrogens with zero attached hydrogens (tertiary/aromatic N) is 1. The van der Waals surface area contributed by atoms with E-state index in [2.05, 4.69) is 0 Å². The molecule has 5 nitrogen and oxygen atoms in total. The maximum absolute atomic E-state index is 12.6. The molecule has 2 aromatic heterocycles. The highest BCUT2D eigenvalue weighted by Crippen LogP contribution is 2.33. The van der Waals surface area contributed by atoms with E-state index in [1.165, 1.54) is 0 Å². The van der Waals surface area contributed by atoms with Gasteiger partial charge < -0.3 is 14.1 Å². The highest BCUT2D eigenvalue weighted by atomic mass is 35.5. The Morgan fingerprint density at radius 1 is 1.29 bits per heavy atom. The largest absolute Gasteiger partial charge is 0.505 e. The predicted octanol–water partition coefficient (Wildman–Crippen LogP) is 2.41. The second-order valence-corrected chi connectivity index (χ2v) is 5.51. The Hall–Kier alpha value is -2.27. The van der Waals surface area contributed by atoms with E-state index in [-0.39, 0.29) is 16.5 Å². The Morgan fingerprint density at radius 2 is 2.10 bits per heavy atom. The van der Waals surface area contributed by atoms with Crippen molar-refractivity contribution in [1.29, 1.82) is 0 Å². The van der Waals surface area contributed by atoms with Crippen molar-refractivity contribution in [3.05, 3.63) is 49.6 Å². The van der Waals surface area contributed by atoms with E-state index in [1.54, 1.807) is 10.6 Å². The smallest absolute Gasteiger partial charge is 0.359 e. The standard InChI is InChI=1S/C15H10ClNO4/c16-10-12(18)9-13(21-15(10)20)8-5-1-3-7-4-2-6-17(11(7)8)14(9)19/h1,3,5,18H,2,4,6H2. The van der Waals surface area contributed by atoms with Crippen LogP contribution in [0.1, 0.15) is 12.0 Å². The number of para-hydroxylation sites is 1. The molecule has 0 spiro atoms. The van der Waals surface area contributed by atoms with Gasteiger partial charge in [0.25, 0.3) is 5.56 Å². The van der Waals surface area contributed by atoms with Gasteiger partial charge in [0, 0.05) is 11.9 Å². The molecule has 0 atom stereocenters. The maximum Gasteiger partial charge on any atom is 0.359 e. The molecular weight excluding hydrogens is 294 g/mol. The van der Waals surface area contributed by atoms with E-state index in [1.807, 2.05) is 12.1 Å². The second-order valence-electron chi connectivity index (χ2n) is 5.13. The summed E-state index contributed by atoms with van der Waals surface area (Å²) in [5.74, 6) is -0.505. The Balaban J connectivity index is 2.41. The van der Waals surface area contributed by atoms with Crippen molar-refractivity contribution in [3.63, 3.8) is 0 Å². The summed E-state index contributed by atoms with van der Waals surface area (Å²) in [7, 11) is 0. The SMILES string of the molecule is O=c1oc2c(c(O)c1Cl)c(=O)n1c3c(cccc23)CCC1. The third kappa shape index (κ3) is 1.52. The molecule has 3 aromatic rings. The summed E-state index contributed by atoms with van der Waals surface area (Å²) in [4.78, 5) is 24.3. The lowest BCUT2D eigenvalue weighted by Crippen LogP contribution is -2.25. The lowest BCUT2D eigenvalue weighted by Gasteiger charge is -2.20. The van der Waals surface area contributed by atoms with Gasteiger partial charge in [-0.2, -0.15) is 0 Å². The minimum atomic E-state index is -0.845. The first kappa shape index (κ1) is 12.5. The Labute approximate surface area is 123 Å². The lowest BCUT2D eigenvalue weighted by atomic mass is 10.00. The van der Waals surface area contributed by atoms with Crippen LogP contribution in [-0.4, -0.2) is 9.67 Å². The molecule has 1 aliphatic heterocycles. The molecule has 0 saturated carbocycles. The third-order valence-corrected chi connectivity index (χ3v) is 4.30. The summed E-state index contributed by atoms with van der Waals surface area (Å²) in [6.45, 7) is 0.568. The molecule has 1 aliphatic rings. The van der Waals surface area contributed by atoms with Crippen molar-refractivity contribution >= 4 is 33.5 Å². The Bertz CT molecular complexity index is 1030. The van der Waals surface area contributed by atoms with Gasteiger partial charge in [-0.3, -0.25) is 4.79 Å². The maximum atomic E-state index is 12.6. The molecule has 0 amide bonds. The Kier molecular flexibility index (Phi) is 2.44. The van der Waals surface area contributed by atoms with Gasteiger partial charge >= 0.3 is 5.63 Å². The van der Waals surface area contributed by atoms with Crippen LogP contribution in [0.5, 0.6) is 5.75 Å². The summed E-state index contributed by atoms with van der Waals surface area (Å²) in [5.41, 5.74) is 0.679. The van der Waals surface area contributed by atoms with Crippen molar-refractivity contribution in [3.8, 4) is 5.75 Å². The van der Waals surface area contributed by atoms with E-state index in [9.17, 15) is 14.7 Å². The number of benzene rings is 1. The zero-order chi connectivity index (χ0) is 14.7. The molecule has 0 unspecified atom stereocenters. The van der Waals surface area contributed by atoms with Crippen molar-refractivity contribution in [2.45, 2.75) is 19.4 Å². The van der Waals surface area contributed by atoms with Gasteiger partial charge in [-0.1, -0.05) is 23.7 Å². The number of aryl methyl sites for hydroxylation is 2. The molecule has 106 valence electrons. The fraction of sp³-hybridized carbons (Fsp3) is 0.200. The Morgan fingerprint density at radius 3 is 2.90 bits per heavy atom. The van der Waals surface area contributed by atoms with Crippen LogP contribution >= 0.6 is 11.6 Å². The van der Waals surface area contributed by atoms with Crippen LogP contribution in [0, 0.1) is 0 Å². The number of rotatable bonds is 0. The van der Waals surface area contributed by atoms with E-state index >= 15 is 0 Å². The summed E-state index contributed by atoms with van der Waals surface area (Å²) >= 11 is 5.72. The minimum absolute atomic E-state index is 0.0360. The average molecular weight is 304 g/mol. The first-order valence-electron chi connectivity index (χ1n) is 6.59. The molecule has 0 radical (unpaired) electrons. The van der Waals surface area contributed by atoms with Crippen LogP contribution in [-0.2, 0) is 13.0 Å². The zero-order valence-electron chi connectivity index (χ0n) is 10.9. The van der Waals surface area contributed by atoms with Gasteiger partial charge in [-0.05, 0) is 24.5 Å². The number of pyridine rings is 1. The fourth-order valence-corrected chi connectivity index (χ4v) is 3.20. The average Bonchev–Trinajstić information content (AvgIpc) is 2.49. The summed E-state index contributed by atoms with van der Waals surface area (Å²) in [5, 5.41) is 10.2. The molecule has 0 aliphatic carbocycles. The molecule has 0 saturated heterocycles. The number of halogens is 1. The molecule has 6 heteroatoms. The number of aromatic hydroxyl groups is 1. The van der Waals surface area contributed by atoms with Crippen molar-refractivity contribution < 1.29 is 9.52 Å². The third-order valence-electron chi connectivity index (χ3n) is 3.97. The van der Waals surface area contributed by atoms with Crippen molar-refractivity contribution in [2.24, 2.45) is 0 Å². The van der Waals surface area contributed by atoms with E-state index in [0.29, 0.717) is 11.9 Å². The topological polar surface area (TPSA) is 72.4 Å². The van der Waals surface area contributed by atoms with Gasteiger partial charge in [-0.25, -0.2) is 4.79 Å². The molecule has 0 fully saturated rings. The van der Waals surface area contributed by atoms with E-state index < -0.39 is 16.4 Å². The second kappa shape index (κ2) is 4.11. The van der Waals surface area contributed by atoms with Crippen LogP contribution in [0.4, 0.5) is 0 Å². The van der Waals surface area contributed by atoms with Crippen LogP contribution in [0.15, 0.2) is 32.2 Å². The number of hydrogen-bond acceptors (Lipinski definition) is 4. The monoisotopic (exact) mass is 303 g/mol. The van der Waals surface area contributed by atoms with Crippen LogP contribution in [0.25, 0.3) is 21.9 Å². The summed E-state index contributed by atoms with van der Waals surface area (Å²) in [6, 6.07) is 5.58. The number of hydrogen-bond donors (Lipinski definition) is 1. The molecule has 1 N–H and O–H groups in total. The van der Waals surface area contributed by atoms with Gasteiger partial charge in [0.1, 0.15) is 5.39 Å². The molecular formula is C15H10ClNO4. The lowest BCUT2D eigenvalue weighted by molar-refractivity contribution is 0.467.